The summed E-state index contributed by atoms with van der Waals surface area (Å²) in [4.78, 5) is 25.6. The van der Waals surface area contributed by atoms with E-state index in [1.54, 1.807) is 24.1 Å². The number of amides is 2. The van der Waals surface area contributed by atoms with E-state index in [9.17, 15) is 9.59 Å². The average Bonchev–Trinajstić information content (AvgIpc) is 2.89. The fourth-order valence-corrected chi connectivity index (χ4v) is 6.37. The SMILES string of the molecule is O=C1c2ccccc2C(=O)N1SC1(C2CCCCC2)CCCCC1. The number of fused-ring (bicyclic) bond motifs is 1. The van der Waals surface area contributed by atoms with Crippen LogP contribution in [0.4, 0.5) is 0 Å². The molecular weight excluding hydrogens is 318 g/mol. The van der Waals surface area contributed by atoms with Crippen LogP contribution in [0, 0.1) is 5.92 Å². The maximum Gasteiger partial charge on any atom is 0.271 e. The Labute approximate surface area is 148 Å². The first-order valence-electron chi connectivity index (χ1n) is 9.38. The van der Waals surface area contributed by atoms with Crippen LogP contribution in [0.3, 0.4) is 0 Å². The lowest BCUT2D eigenvalue weighted by atomic mass is 9.72. The maximum atomic E-state index is 12.8. The normalized spacial score (nSPS) is 24.2. The van der Waals surface area contributed by atoms with Crippen LogP contribution in [-0.2, 0) is 0 Å². The zero-order chi connectivity index (χ0) is 16.6. The van der Waals surface area contributed by atoms with Gasteiger partial charge < -0.3 is 0 Å². The van der Waals surface area contributed by atoms with E-state index >= 15 is 0 Å². The van der Waals surface area contributed by atoms with E-state index in [1.807, 2.05) is 12.1 Å². The summed E-state index contributed by atoms with van der Waals surface area (Å²) in [7, 11) is 0. The van der Waals surface area contributed by atoms with Gasteiger partial charge in [-0.2, -0.15) is 0 Å². The third kappa shape index (κ3) is 2.69. The number of carbonyl (C=O) groups is 2. The quantitative estimate of drug-likeness (QED) is 0.558. The first-order chi connectivity index (χ1) is 11.7. The van der Waals surface area contributed by atoms with Gasteiger partial charge in [-0.15, -0.1) is 0 Å². The van der Waals surface area contributed by atoms with Crippen molar-refractivity contribution in [1.82, 2.24) is 4.31 Å². The minimum Gasteiger partial charge on any atom is -0.268 e. The summed E-state index contributed by atoms with van der Waals surface area (Å²) in [5.74, 6) is 0.434. The smallest absolute Gasteiger partial charge is 0.268 e. The first kappa shape index (κ1) is 16.2. The molecule has 0 bridgehead atoms. The van der Waals surface area contributed by atoms with E-state index in [-0.39, 0.29) is 16.6 Å². The van der Waals surface area contributed by atoms with Crippen molar-refractivity contribution in [1.29, 1.82) is 0 Å². The molecule has 2 aliphatic carbocycles. The van der Waals surface area contributed by atoms with Gasteiger partial charge in [-0.05, 0) is 55.7 Å². The second kappa shape index (κ2) is 6.55. The van der Waals surface area contributed by atoms with Gasteiger partial charge in [0.1, 0.15) is 0 Å². The summed E-state index contributed by atoms with van der Waals surface area (Å²) in [6.45, 7) is 0. The molecule has 2 fully saturated rings. The minimum absolute atomic E-state index is 0.0893. The van der Waals surface area contributed by atoms with E-state index < -0.39 is 0 Å². The summed E-state index contributed by atoms with van der Waals surface area (Å²) >= 11 is 1.59. The van der Waals surface area contributed by atoms with E-state index in [4.69, 9.17) is 0 Å². The van der Waals surface area contributed by atoms with Crippen molar-refractivity contribution >= 4 is 23.8 Å². The zero-order valence-electron chi connectivity index (χ0n) is 14.1. The minimum atomic E-state index is -0.110. The Hall–Kier alpha value is -1.29. The largest absolute Gasteiger partial charge is 0.271 e. The second-order valence-corrected chi connectivity index (χ2v) is 8.86. The molecule has 2 amide bonds. The Kier molecular flexibility index (Phi) is 4.42. The number of nitrogens with zero attached hydrogens (tertiary/aromatic N) is 1. The molecule has 0 aromatic heterocycles. The van der Waals surface area contributed by atoms with Crippen molar-refractivity contribution in [3.8, 4) is 0 Å². The van der Waals surface area contributed by atoms with E-state index in [0.717, 1.165) is 12.8 Å². The Morgan fingerprint density at radius 1 is 0.833 bits per heavy atom. The van der Waals surface area contributed by atoms with Gasteiger partial charge in [-0.3, -0.25) is 9.59 Å². The molecule has 128 valence electrons. The standard InChI is InChI=1S/C20H25NO2S/c22-18-16-11-5-6-12-17(16)19(23)21(18)24-20(13-7-2-8-14-20)15-9-3-1-4-10-15/h5-6,11-12,15H,1-4,7-10,13-14H2. The lowest BCUT2D eigenvalue weighted by molar-refractivity contribution is 0.0771. The van der Waals surface area contributed by atoms with Gasteiger partial charge in [0.2, 0.25) is 0 Å². The molecule has 0 radical (unpaired) electrons. The van der Waals surface area contributed by atoms with Gasteiger partial charge in [0.05, 0.1) is 11.1 Å². The zero-order valence-corrected chi connectivity index (χ0v) is 14.9. The van der Waals surface area contributed by atoms with Crippen LogP contribution < -0.4 is 0 Å². The summed E-state index contributed by atoms with van der Waals surface area (Å²) < 4.78 is 1.58. The van der Waals surface area contributed by atoms with Gasteiger partial charge in [-0.25, -0.2) is 4.31 Å². The number of benzene rings is 1. The lowest BCUT2D eigenvalue weighted by Gasteiger charge is -2.45. The summed E-state index contributed by atoms with van der Waals surface area (Å²) in [5, 5.41) is 0. The number of hydrogen-bond acceptors (Lipinski definition) is 3. The van der Waals surface area contributed by atoms with Gasteiger partial charge in [0, 0.05) is 4.75 Å². The highest BCUT2D eigenvalue weighted by molar-refractivity contribution is 7.99. The molecule has 24 heavy (non-hydrogen) atoms. The van der Waals surface area contributed by atoms with Crippen molar-refractivity contribution in [2.75, 3.05) is 0 Å². The van der Waals surface area contributed by atoms with Crippen molar-refractivity contribution < 1.29 is 9.59 Å². The molecule has 1 aliphatic heterocycles. The number of hydrogen-bond donors (Lipinski definition) is 0. The molecule has 3 nitrogen and oxygen atoms in total. The molecule has 0 atom stereocenters. The molecule has 1 heterocycles. The number of carbonyl (C=O) groups excluding carboxylic acids is 2. The van der Waals surface area contributed by atoms with Gasteiger partial charge in [-0.1, -0.05) is 50.7 Å². The summed E-state index contributed by atoms with van der Waals surface area (Å²) in [6.07, 6.45) is 12.5. The van der Waals surface area contributed by atoms with E-state index in [0.29, 0.717) is 17.0 Å². The highest BCUT2D eigenvalue weighted by Crippen LogP contribution is 2.52. The Morgan fingerprint density at radius 3 is 1.96 bits per heavy atom. The topological polar surface area (TPSA) is 37.4 Å². The van der Waals surface area contributed by atoms with Crippen LogP contribution in [0.2, 0.25) is 0 Å². The number of rotatable bonds is 3. The van der Waals surface area contributed by atoms with Crippen LogP contribution >= 0.6 is 11.9 Å². The third-order valence-electron chi connectivity index (χ3n) is 6.08. The molecule has 0 unspecified atom stereocenters. The molecule has 4 rings (SSSR count). The fraction of sp³-hybridized carbons (Fsp3) is 0.600. The molecule has 2 saturated carbocycles. The van der Waals surface area contributed by atoms with Gasteiger partial charge in [0.15, 0.2) is 0 Å². The molecule has 0 N–H and O–H groups in total. The maximum absolute atomic E-state index is 12.8. The van der Waals surface area contributed by atoms with Gasteiger partial charge >= 0.3 is 0 Å². The Bertz CT molecular complexity index is 610. The van der Waals surface area contributed by atoms with Gasteiger partial charge in [0.25, 0.3) is 11.8 Å². The van der Waals surface area contributed by atoms with Crippen molar-refractivity contribution in [2.45, 2.75) is 69.0 Å². The molecule has 0 spiro atoms. The van der Waals surface area contributed by atoms with Crippen molar-refractivity contribution in [3.05, 3.63) is 35.4 Å². The Morgan fingerprint density at radius 2 is 1.38 bits per heavy atom. The first-order valence-corrected chi connectivity index (χ1v) is 10.2. The molecule has 3 aliphatic rings. The van der Waals surface area contributed by atoms with Crippen LogP contribution in [0.15, 0.2) is 24.3 Å². The van der Waals surface area contributed by atoms with Crippen molar-refractivity contribution in [2.24, 2.45) is 5.92 Å². The molecule has 4 heteroatoms. The van der Waals surface area contributed by atoms with Crippen LogP contribution in [-0.4, -0.2) is 20.9 Å². The van der Waals surface area contributed by atoms with E-state index in [2.05, 4.69) is 0 Å². The van der Waals surface area contributed by atoms with Crippen LogP contribution in [0.1, 0.15) is 84.9 Å². The molecular formula is C20H25NO2S. The van der Waals surface area contributed by atoms with E-state index in [1.165, 1.54) is 55.7 Å². The fourth-order valence-electron chi connectivity index (χ4n) is 4.78. The molecule has 0 saturated heterocycles. The predicted molar refractivity (Wildman–Crippen MR) is 96.9 cm³/mol. The average molecular weight is 343 g/mol. The monoisotopic (exact) mass is 343 g/mol. The predicted octanol–water partition coefficient (Wildman–Crippen LogP) is 5.21. The summed E-state index contributed by atoms with van der Waals surface area (Å²) in [5.41, 5.74) is 1.15. The van der Waals surface area contributed by atoms with Crippen LogP contribution in [0.25, 0.3) is 0 Å². The highest BCUT2D eigenvalue weighted by atomic mass is 32.2. The highest BCUT2D eigenvalue weighted by Gasteiger charge is 2.47. The molecule has 1 aromatic carbocycles. The third-order valence-corrected chi connectivity index (χ3v) is 7.70. The van der Waals surface area contributed by atoms with Crippen molar-refractivity contribution in [3.63, 3.8) is 0 Å². The van der Waals surface area contributed by atoms with Crippen LogP contribution in [0.5, 0.6) is 0 Å². The number of imide groups is 1. The molecule has 1 aromatic rings. The summed E-state index contributed by atoms with van der Waals surface area (Å²) in [6, 6.07) is 7.25. The second-order valence-electron chi connectivity index (χ2n) is 7.50. The lowest BCUT2D eigenvalue weighted by Crippen LogP contribution is -2.42. The Balaban J connectivity index is 1.61.